The van der Waals surface area contributed by atoms with Crippen molar-refractivity contribution in [3.05, 3.63) is 58.9 Å². The molecular weight excluding hydrogens is 279 g/mol. The zero-order chi connectivity index (χ0) is 14.4. The highest BCUT2D eigenvalue weighted by Gasteiger charge is 2.06. The van der Waals surface area contributed by atoms with Crippen LogP contribution in [0.15, 0.2) is 42.5 Å². The van der Waals surface area contributed by atoms with E-state index in [1.807, 2.05) is 12.1 Å². The molecule has 0 heterocycles. The molecule has 0 aromatic heterocycles. The number of rotatable bonds is 5. The van der Waals surface area contributed by atoms with E-state index in [0.29, 0.717) is 16.3 Å². The van der Waals surface area contributed by atoms with Crippen LogP contribution < -0.4 is 10.1 Å². The van der Waals surface area contributed by atoms with E-state index < -0.39 is 0 Å². The van der Waals surface area contributed by atoms with Crippen LogP contribution in [-0.2, 0) is 6.54 Å². The fourth-order valence-corrected chi connectivity index (χ4v) is 1.93. The molecule has 0 aliphatic heterocycles. The third kappa shape index (κ3) is 3.62. The van der Waals surface area contributed by atoms with E-state index in [-0.39, 0.29) is 19.0 Å². The smallest absolute Gasteiger partial charge is 0.174 e. The van der Waals surface area contributed by atoms with Gasteiger partial charge in [-0.3, -0.25) is 0 Å². The average molecular weight is 291 g/mol. The van der Waals surface area contributed by atoms with Crippen LogP contribution in [-0.4, -0.2) is 6.61 Å². The maximum absolute atomic E-state index is 13.6. The second-order valence-electron chi connectivity index (χ2n) is 4.03. The van der Waals surface area contributed by atoms with Crippen molar-refractivity contribution in [2.24, 2.45) is 0 Å². The summed E-state index contributed by atoms with van der Waals surface area (Å²) in [5.74, 6) is 0.234. The van der Waals surface area contributed by atoms with Crippen LogP contribution >= 0.6 is 11.6 Å². The van der Waals surface area contributed by atoms with Gasteiger partial charge in [-0.05, 0) is 24.3 Å². The normalized spacial score (nSPS) is 9.85. The van der Waals surface area contributed by atoms with E-state index in [2.05, 4.69) is 5.32 Å². The summed E-state index contributed by atoms with van der Waals surface area (Å²) < 4.78 is 18.8. The fourth-order valence-electron chi connectivity index (χ4n) is 1.70. The van der Waals surface area contributed by atoms with E-state index >= 15 is 0 Å². The van der Waals surface area contributed by atoms with Gasteiger partial charge in [0.05, 0.1) is 0 Å². The summed E-state index contributed by atoms with van der Waals surface area (Å²) in [6.07, 6.45) is 0. The molecule has 0 amide bonds. The predicted molar refractivity (Wildman–Crippen MR) is 76.3 cm³/mol. The quantitative estimate of drug-likeness (QED) is 0.905. The molecule has 1 N–H and O–H groups in total. The van der Waals surface area contributed by atoms with Gasteiger partial charge in [-0.2, -0.15) is 5.26 Å². The first-order valence-electron chi connectivity index (χ1n) is 5.97. The van der Waals surface area contributed by atoms with E-state index in [0.717, 1.165) is 5.69 Å². The second kappa shape index (κ2) is 6.78. The molecule has 0 aliphatic rings. The van der Waals surface area contributed by atoms with Gasteiger partial charge in [0.2, 0.25) is 0 Å². The molecule has 5 heteroatoms. The molecule has 2 rings (SSSR count). The van der Waals surface area contributed by atoms with Gasteiger partial charge in [0.1, 0.15) is 17.6 Å². The molecule has 2 aromatic carbocycles. The zero-order valence-corrected chi connectivity index (χ0v) is 11.3. The van der Waals surface area contributed by atoms with Crippen LogP contribution in [0, 0.1) is 17.1 Å². The lowest BCUT2D eigenvalue weighted by atomic mass is 10.2. The van der Waals surface area contributed by atoms with Gasteiger partial charge < -0.3 is 10.1 Å². The Bertz CT molecular complexity index is 620. The van der Waals surface area contributed by atoms with Gasteiger partial charge in [-0.1, -0.05) is 23.7 Å². The maximum Gasteiger partial charge on any atom is 0.174 e. The van der Waals surface area contributed by atoms with Crippen LogP contribution in [0.25, 0.3) is 0 Å². The molecule has 3 nitrogen and oxygen atoms in total. The van der Waals surface area contributed by atoms with E-state index in [1.165, 1.54) is 6.07 Å². The van der Waals surface area contributed by atoms with Crippen molar-refractivity contribution in [1.82, 2.24) is 0 Å². The summed E-state index contributed by atoms with van der Waals surface area (Å²) in [4.78, 5) is 0. The van der Waals surface area contributed by atoms with Gasteiger partial charge in [0.15, 0.2) is 6.61 Å². The van der Waals surface area contributed by atoms with E-state index in [1.54, 1.807) is 30.3 Å². The highest BCUT2D eigenvalue weighted by molar-refractivity contribution is 6.31. The highest BCUT2D eigenvalue weighted by atomic mass is 35.5. The van der Waals surface area contributed by atoms with Crippen molar-refractivity contribution in [2.75, 3.05) is 11.9 Å². The summed E-state index contributed by atoms with van der Waals surface area (Å²) in [7, 11) is 0. The summed E-state index contributed by atoms with van der Waals surface area (Å²) in [5, 5.41) is 11.9. The molecule has 2 aromatic rings. The van der Waals surface area contributed by atoms with Gasteiger partial charge in [-0.25, -0.2) is 4.39 Å². The summed E-state index contributed by atoms with van der Waals surface area (Å²) >= 11 is 5.95. The largest absolute Gasteiger partial charge is 0.479 e. The lowest BCUT2D eigenvalue weighted by molar-refractivity contribution is 0.368. The molecule has 0 saturated heterocycles. The second-order valence-corrected chi connectivity index (χ2v) is 4.44. The Morgan fingerprint density at radius 2 is 2.05 bits per heavy atom. The maximum atomic E-state index is 13.6. The van der Waals surface area contributed by atoms with Crippen LogP contribution in [0.3, 0.4) is 0 Å². The summed E-state index contributed by atoms with van der Waals surface area (Å²) in [6, 6.07) is 13.6. The number of halogens is 2. The molecule has 0 unspecified atom stereocenters. The van der Waals surface area contributed by atoms with Gasteiger partial charge in [-0.15, -0.1) is 0 Å². The van der Waals surface area contributed by atoms with Crippen molar-refractivity contribution in [2.45, 2.75) is 6.54 Å². The monoisotopic (exact) mass is 290 g/mol. The van der Waals surface area contributed by atoms with Crippen molar-refractivity contribution < 1.29 is 9.13 Å². The first-order chi connectivity index (χ1) is 9.70. The Hall–Kier alpha value is -2.25. The Morgan fingerprint density at radius 3 is 2.80 bits per heavy atom. The minimum Gasteiger partial charge on any atom is -0.479 e. The molecule has 0 spiro atoms. The van der Waals surface area contributed by atoms with Gasteiger partial charge in [0, 0.05) is 28.9 Å². The number of benzene rings is 2. The number of nitriles is 1. The molecule has 102 valence electrons. The van der Waals surface area contributed by atoms with Crippen molar-refractivity contribution in [1.29, 1.82) is 5.26 Å². The van der Waals surface area contributed by atoms with Crippen LogP contribution in [0.1, 0.15) is 5.56 Å². The third-order valence-corrected chi connectivity index (χ3v) is 3.02. The van der Waals surface area contributed by atoms with E-state index in [4.69, 9.17) is 21.6 Å². The first-order valence-corrected chi connectivity index (χ1v) is 6.35. The minimum atomic E-state index is -0.345. The molecule has 0 aliphatic carbocycles. The minimum absolute atomic E-state index is 0.0113. The number of hydrogen-bond donors (Lipinski definition) is 1. The van der Waals surface area contributed by atoms with Crippen LogP contribution in [0.4, 0.5) is 10.1 Å². The van der Waals surface area contributed by atoms with Crippen molar-refractivity contribution in [3.63, 3.8) is 0 Å². The number of hydrogen-bond acceptors (Lipinski definition) is 3. The Labute approximate surface area is 121 Å². The molecule has 0 radical (unpaired) electrons. The molecule has 20 heavy (non-hydrogen) atoms. The molecule has 0 atom stereocenters. The van der Waals surface area contributed by atoms with Crippen molar-refractivity contribution >= 4 is 17.3 Å². The molecule has 0 fully saturated rings. The Kier molecular flexibility index (Phi) is 4.80. The van der Waals surface area contributed by atoms with Gasteiger partial charge >= 0.3 is 0 Å². The predicted octanol–water partition coefficient (Wildman–Crippen LogP) is 3.99. The third-order valence-electron chi connectivity index (χ3n) is 2.67. The number of nitrogens with one attached hydrogen (secondary N) is 1. The molecule has 0 saturated carbocycles. The van der Waals surface area contributed by atoms with Crippen LogP contribution in [0.5, 0.6) is 5.75 Å². The first kappa shape index (κ1) is 14.2. The fraction of sp³-hybridized carbons (Fsp3) is 0.133. The average Bonchev–Trinajstić information content (AvgIpc) is 2.45. The van der Waals surface area contributed by atoms with Crippen molar-refractivity contribution in [3.8, 4) is 11.8 Å². The van der Waals surface area contributed by atoms with E-state index in [9.17, 15) is 4.39 Å². The summed E-state index contributed by atoms with van der Waals surface area (Å²) in [5.41, 5.74) is 1.18. The number of anilines is 1. The van der Waals surface area contributed by atoms with Crippen LogP contribution in [0.2, 0.25) is 5.02 Å². The highest BCUT2D eigenvalue weighted by Crippen LogP contribution is 2.22. The summed E-state index contributed by atoms with van der Waals surface area (Å²) in [6.45, 7) is 0.260. The standard InChI is InChI=1S/C15H12ClFN2O/c16-14-5-2-6-15(17)13(14)10-19-11-3-1-4-12(9-11)20-8-7-18/h1-6,9,19H,8,10H2. The topological polar surface area (TPSA) is 45.0 Å². The number of nitrogens with zero attached hydrogens (tertiary/aromatic N) is 1. The number of ether oxygens (including phenoxy) is 1. The SMILES string of the molecule is N#CCOc1cccc(NCc2c(F)cccc2Cl)c1. The zero-order valence-electron chi connectivity index (χ0n) is 10.6. The van der Waals surface area contributed by atoms with Gasteiger partial charge in [0.25, 0.3) is 0 Å². The Balaban J connectivity index is 2.06. The Morgan fingerprint density at radius 1 is 1.25 bits per heavy atom. The molecular formula is C15H12ClFN2O. The lowest BCUT2D eigenvalue weighted by Crippen LogP contribution is -2.03. The lowest BCUT2D eigenvalue weighted by Gasteiger charge is -2.10. The molecule has 0 bridgehead atoms.